The summed E-state index contributed by atoms with van der Waals surface area (Å²) < 4.78 is 16.0. The van der Waals surface area contributed by atoms with Gasteiger partial charge in [-0.1, -0.05) is 36.4 Å². The molecule has 2 aromatic carbocycles. The van der Waals surface area contributed by atoms with Crippen molar-refractivity contribution in [2.75, 3.05) is 12.5 Å². The molecule has 0 unspecified atom stereocenters. The second-order valence-electron chi connectivity index (χ2n) is 5.18. The van der Waals surface area contributed by atoms with E-state index in [1.165, 1.54) is 12.5 Å². The highest BCUT2D eigenvalue weighted by Gasteiger charge is 2.31. The molecule has 0 amide bonds. The maximum absolute atomic E-state index is 12.7. The summed E-state index contributed by atoms with van der Waals surface area (Å²) in [5.41, 5.74) is 1.66. The van der Waals surface area contributed by atoms with Gasteiger partial charge in [0.1, 0.15) is 0 Å². The molecule has 1 aliphatic rings. The van der Waals surface area contributed by atoms with Crippen LogP contribution in [0.2, 0.25) is 0 Å². The third kappa shape index (κ3) is 2.29. The summed E-state index contributed by atoms with van der Waals surface area (Å²) in [7, 11) is -2.42. The van der Waals surface area contributed by atoms with Crippen LogP contribution in [0.3, 0.4) is 0 Å². The summed E-state index contributed by atoms with van der Waals surface area (Å²) in [6.45, 7) is 0. The van der Waals surface area contributed by atoms with Crippen LogP contribution < -0.4 is 0 Å². The molecule has 0 N–H and O–H groups in total. The van der Waals surface area contributed by atoms with Gasteiger partial charge in [-0.25, -0.2) is 4.21 Å². The summed E-state index contributed by atoms with van der Waals surface area (Å²) in [5, 5.41) is 0. The Morgan fingerprint density at radius 2 is 1.38 bits per heavy atom. The van der Waals surface area contributed by atoms with Crippen molar-refractivity contribution in [1.82, 2.24) is 0 Å². The number of ketones is 2. The molecule has 1 aliphatic carbocycles. The van der Waals surface area contributed by atoms with Gasteiger partial charge in [0.15, 0.2) is 11.6 Å². The fourth-order valence-electron chi connectivity index (χ4n) is 2.44. The van der Waals surface area contributed by atoms with Crippen molar-refractivity contribution in [1.29, 1.82) is 0 Å². The van der Waals surface area contributed by atoms with Gasteiger partial charge in [0, 0.05) is 38.9 Å². The quantitative estimate of drug-likeness (QED) is 0.694. The zero-order valence-electron chi connectivity index (χ0n) is 11.6. The maximum Gasteiger partial charge on any atom is 0.196 e. The van der Waals surface area contributed by atoms with Gasteiger partial charge in [-0.15, -0.1) is 0 Å². The average molecular weight is 299 g/mol. The summed E-state index contributed by atoms with van der Waals surface area (Å²) in [6, 6.07) is 11.6. The van der Waals surface area contributed by atoms with Crippen molar-refractivity contribution in [3.8, 4) is 0 Å². The predicted molar refractivity (Wildman–Crippen MR) is 81.8 cm³/mol. The van der Waals surface area contributed by atoms with Gasteiger partial charge >= 0.3 is 0 Å². The van der Waals surface area contributed by atoms with Crippen LogP contribution in [0.1, 0.15) is 31.8 Å². The zero-order chi connectivity index (χ0) is 15.2. The van der Waals surface area contributed by atoms with E-state index in [0.717, 1.165) is 0 Å². The average Bonchev–Trinajstić information content (AvgIpc) is 2.43. The Kier molecular flexibility index (Phi) is 3.02. The van der Waals surface area contributed by atoms with E-state index in [1.807, 2.05) is 0 Å². The first kappa shape index (κ1) is 13.7. The van der Waals surface area contributed by atoms with Crippen molar-refractivity contribution < 1.29 is 13.8 Å². The lowest BCUT2D eigenvalue weighted by Crippen LogP contribution is -2.20. The summed E-state index contributed by atoms with van der Waals surface area (Å²) in [6.07, 6.45) is 2.99. The fourth-order valence-corrected chi connectivity index (χ4v) is 3.07. The van der Waals surface area contributed by atoms with Crippen molar-refractivity contribution in [2.45, 2.75) is 0 Å². The number of carbonyl (C=O) groups is 2. The number of hydrogen-bond donors (Lipinski definition) is 0. The topological polar surface area (TPSA) is 63.6 Å². The normalized spacial score (nSPS) is 13.6. The molecule has 0 fully saturated rings. The molecule has 5 heteroatoms. The SMILES string of the molecule is CS(C)(=O)=Nc1cccc2c1C(=O)c1ccccc1C2=O. The van der Waals surface area contributed by atoms with Gasteiger partial charge in [0.25, 0.3) is 0 Å². The van der Waals surface area contributed by atoms with Crippen LogP contribution >= 0.6 is 0 Å². The number of benzene rings is 2. The van der Waals surface area contributed by atoms with E-state index < -0.39 is 9.73 Å². The molecule has 21 heavy (non-hydrogen) atoms. The van der Waals surface area contributed by atoms with E-state index in [1.54, 1.807) is 42.5 Å². The molecular weight excluding hydrogens is 286 g/mol. The Morgan fingerprint density at radius 1 is 0.810 bits per heavy atom. The van der Waals surface area contributed by atoms with Gasteiger partial charge < -0.3 is 0 Å². The molecule has 0 atom stereocenters. The van der Waals surface area contributed by atoms with Gasteiger partial charge in [-0.3, -0.25) is 9.59 Å². The molecule has 4 nitrogen and oxygen atoms in total. The Morgan fingerprint density at radius 3 is 2.00 bits per heavy atom. The lowest BCUT2D eigenvalue weighted by atomic mass is 9.83. The Hall–Kier alpha value is -2.27. The highest BCUT2D eigenvalue weighted by atomic mass is 32.2. The largest absolute Gasteiger partial charge is 0.289 e. The van der Waals surface area contributed by atoms with Crippen molar-refractivity contribution >= 4 is 27.0 Å². The van der Waals surface area contributed by atoms with Gasteiger partial charge in [-0.2, -0.15) is 4.36 Å². The van der Waals surface area contributed by atoms with E-state index in [9.17, 15) is 13.8 Å². The first-order valence-electron chi connectivity index (χ1n) is 6.37. The predicted octanol–water partition coefficient (Wildman–Crippen LogP) is 2.82. The molecule has 0 spiro atoms. The van der Waals surface area contributed by atoms with Gasteiger partial charge in [-0.05, 0) is 6.07 Å². The van der Waals surface area contributed by atoms with Crippen LogP contribution in [0.4, 0.5) is 5.69 Å². The molecule has 3 rings (SSSR count). The van der Waals surface area contributed by atoms with E-state index in [4.69, 9.17) is 0 Å². The zero-order valence-corrected chi connectivity index (χ0v) is 12.4. The van der Waals surface area contributed by atoms with E-state index in [0.29, 0.717) is 22.4 Å². The van der Waals surface area contributed by atoms with Crippen LogP contribution in [-0.2, 0) is 9.73 Å². The lowest BCUT2D eigenvalue weighted by Gasteiger charge is -2.18. The molecule has 0 radical (unpaired) electrons. The molecule has 0 heterocycles. The van der Waals surface area contributed by atoms with Gasteiger partial charge in [0.2, 0.25) is 0 Å². The summed E-state index contributed by atoms with van der Waals surface area (Å²) in [4.78, 5) is 25.2. The molecule has 0 bridgehead atoms. The minimum atomic E-state index is -2.42. The number of carbonyl (C=O) groups excluding carboxylic acids is 2. The van der Waals surface area contributed by atoms with Crippen LogP contribution in [0.5, 0.6) is 0 Å². The number of nitrogens with zero attached hydrogens (tertiary/aromatic N) is 1. The van der Waals surface area contributed by atoms with Crippen molar-refractivity contribution in [3.05, 3.63) is 64.7 Å². The van der Waals surface area contributed by atoms with Crippen molar-refractivity contribution in [2.24, 2.45) is 4.36 Å². The summed E-state index contributed by atoms with van der Waals surface area (Å²) >= 11 is 0. The maximum atomic E-state index is 12.7. The molecule has 0 aliphatic heterocycles. The molecule has 106 valence electrons. The van der Waals surface area contributed by atoms with Crippen LogP contribution in [0, 0.1) is 0 Å². The molecule has 2 aromatic rings. The fraction of sp³-hybridized carbons (Fsp3) is 0.125. The lowest BCUT2D eigenvalue weighted by molar-refractivity contribution is 0.0979. The van der Waals surface area contributed by atoms with Crippen LogP contribution in [0.15, 0.2) is 46.8 Å². The second-order valence-corrected chi connectivity index (χ2v) is 7.72. The van der Waals surface area contributed by atoms with Crippen molar-refractivity contribution in [3.63, 3.8) is 0 Å². The molecule has 0 aromatic heterocycles. The van der Waals surface area contributed by atoms with E-state index >= 15 is 0 Å². The first-order valence-corrected chi connectivity index (χ1v) is 8.70. The van der Waals surface area contributed by atoms with E-state index in [2.05, 4.69) is 4.36 Å². The Bertz CT molecular complexity index is 897. The summed E-state index contributed by atoms with van der Waals surface area (Å²) in [5.74, 6) is -0.445. The van der Waals surface area contributed by atoms with Crippen LogP contribution in [-0.4, -0.2) is 28.3 Å². The molecule has 0 saturated heterocycles. The Balaban J connectivity index is 2.34. The van der Waals surface area contributed by atoms with E-state index in [-0.39, 0.29) is 17.1 Å². The highest BCUT2D eigenvalue weighted by Crippen LogP contribution is 2.33. The van der Waals surface area contributed by atoms with Crippen LogP contribution in [0.25, 0.3) is 0 Å². The third-order valence-electron chi connectivity index (χ3n) is 3.25. The number of hydrogen-bond acceptors (Lipinski definition) is 4. The minimum absolute atomic E-state index is 0.198. The monoisotopic (exact) mass is 299 g/mol. The second kappa shape index (κ2) is 4.63. The Labute approximate surface area is 123 Å². The third-order valence-corrected chi connectivity index (χ3v) is 3.89. The first-order chi connectivity index (χ1) is 9.88. The van der Waals surface area contributed by atoms with Gasteiger partial charge in [0.05, 0.1) is 11.3 Å². The molecule has 0 saturated carbocycles. The standard InChI is InChI=1S/C16H13NO3S/c1-21(2,20)17-13-9-5-8-12-14(13)16(19)11-7-4-3-6-10(11)15(12)18/h3-9H,1-2H3. The molecular formula is C16H13NO3S. The number of rotatable bonds is 1. The minimum Gasteiger partial charge on any atom is -0.289 e. The smallest absolute Gasteiger partial charge is 0.196 e. The number of fused-ring (bicyclic) bond motifs is 2. The highest BCUT2D eigenvalue weighted by molar-refractivity contribution is 7.92.